The Morgan fingerprint density at radius 1 is 1.21 bits per heavy atom. The van der Waals surface area contributed by atoms with Gasteiger partial charge in [0, 0.05) is 26.6 Å². The minimum Gasteiger partial charge on any atom is -0.493 e. The van der Waals surface area contributed by atoms with Crippen molar-refractivity contribution in [1.82, 2.24) is 10.6 Å². The standard InChI is InChI=1S/C21H26N4O3.HI/c1-23-21(24-9-7-15-5-6-19-17(11-15)8-10-27-19)25-13-16-3-2-4-18(12-16)28-14-20(22)26;/h2-6,11-12H,7-10,13-14H2,1H3,(H2,22,26)(H2,23,24,25);1H. The number of benzene rings is 2. The van der Waals surface area contributed by atoms with E-state index < -0.39 is 5.91 Å². The molecule has 1 aliphatic heterocycles. The minimum absolute atomic E-state index is 0. The summed E-state index contributed by atoms with van der Waals surface area (Å²) in [6, 6.07) is 13.9. The predicted octanol–water partition coefficient (Wildman–Crippen LogP) is 2.01. The lowest BCUT2D eigenvalue weighted by molar-refractivity contribution is -0.119. The first kappa shape index (κ1) is 22.8. The van der Waals surface area contributed by atoms with Gasteiger partial charge in [0.25, 0.3) is 5.91 Å². The molecule has 4 N–H and O–H groups in total. The van der Waals surface area contributed by atoms with E-state index in [9.17, 15) is 4.79 Å². The molecule has 0 unspecified atom stereocenters. The van der Waals surface area contributed by atoms with Gasteiger partial charge in [-0.05, 0) is 41.3 Å². The quantitative estimate of drug-likeness (QED) is 0.287. The van der Waals surface area contributed by atoms with Gasteiger partial charge in [0.2, 0.25) is 0 Å². The van der Waals surface area contributed by atoms with Crippen LogP contribution in [-0.2, 0) is 24.2 Å². The highest BCUT2D eigenvalue weighted by atomic mass is 127. The molecule has 0 spiro atoms. The molecule has 0 saturated carbocycles. The summed E-state index contributed by atoms with van der Waals surface area (Å²) >= 11 is 0. The summed E-state index contributed by atoms with van der Waals surface area (Å²) in [7, 11) is 1.74. The maximum absolute atomic E-state index is 10.8. The van der Waals surface area contributed by atoms with Crippen molar-refractivity contribution in [3.05, 3.63) is 59.2 Å². The summed E-state index contributed by atoms with van der Waals surface area (Å²) in [5.74, 6) is 1.86. The van der Waals surface area contributed by atoms with Gasteiger partial charge < -0.3 is 25.8 Å². The van der Waals surface area contributed by atoms with Crippen LogP contribution in [-0.4, -0.2) is 38.7 Å². The van der Waals surface area contributed by atoms with Crippen molar-refractivity contribution in [3.63, 3.8) is 0 Å². The molecule has 0 aromatic heterocycles. The summed E-state index contributed by atoms with van der Waals surface area (Å²) in [5, 5.41) is 6.60. The second-order valence-electron chi connectivity index (χ2n) is 6.55. The molecule has 0 bridgehead atoms. The summed E-state index contributed by atoms with van der Waals surface area (Å²) < 4.78 is 10.9. The second-order valence-corrected chi connectivity index (χ2v) is 6.55. The third kappa shape index (κ3) is 7.12. The van der Waals surface area contributed by atoms with Crippen LogP contribution in [0.1, 0.15) is 16.7 Å². The van der Waals surface area contributed by atoms with Crippen molar-refractivity contribution >= 4 is 35.8 Å². The maximum Gasteiger partial charge on any atom is 0.255 e. The lowest BCUT2D eigenvalue weighted by Gasteiger charge is -2.13. The lowest BCUT2D eigenvalue weighted by Crippen LogP contribution is -2.37. The fourth-order valence-corrected chi connectivity index (χ4v) is 3.03. The Morgan fingerprint density at radius 3 is 2.86 bits per heavy atom. The Bertz CT molecular complexity index is 858. The van der Waals surface area contributed by atoms with Gasteiger partial charge in [-0.3, -0.25) is 9.79 Å². The number of carbonyl (C=O) groups is 1. The fourth-order valence-electron chi connectivity index (χ4n) is 3.03. The number of aliphatic imine (C=N–C) groups is 1. The van der Waals surface area contributed by atoms with Gasteiger partial charge in [0.15, 0.2) is 12.6 Å². The molecule has 3 rings (SSSR count). The molecule has 0 atom stereocenters. The van der Waals surface area contributed by atoms with Crippen LogP contribution in [0.25, 0.3) is 0 Å². The van der Waals surface area contributed by atoms with Gasteiger partial charge >= 0.3 is 0 Å². The molecule has 8 heteroatoms. The summed E-state index contributed by atoms with van der Waals surface area (Å²) in [5.41, 5.74) is 8.69. The molecule has 0 radical (unpaired) electrons. The molecule has 2 aromatic rings. The summed E-state index contributed by atoms with van der Waals surface area (Å²) in [6.45, 7) is 2.02. The molecule has 7 nitrogen and oxygen atoms in total. The highest BCUT2D eigenvalue weighted by Crippen LogP contribution is 2.25. The average Bonchev–Trinajstić information content (AvgIpc) is 3.17. The topological polar surface area (TPSA) is 98.0 Å². The number of nitrogens with one attached hydrogen (secondary N) is 2. The molecule has 29 heavy (non-hydrogen) atoms. The number of ether oxygens (including phenoxy) is 2. The zero-order valence-electron chi connectivity index (χ0n) is 16.4. The van der Waals surface area contributed by atoms with Crippen molar-refractivity contribution in [3.8, 4) is 11.5 Å². The second kappa shape index (κ2) is 11.5. The summed E-state index contributed by atoms with van der Waals surface area (Å²) in [6.07, 6.45) is 1.90. The van der Waals surface area contributed by atoms with Crippen molar-refractivity contribution in [2.45, 2.75) is 19.4 Å². The number of primary amides is 1. The minimum atomic E-state index is -0.496. The Labute approximate surface area is 188 Å². The van der Waals surface area contributed by atoms with Crippen LogP contribution >= 0.6 is 24.0 Å². The number of halogens is 1. The van der Waals surface area contributed by atoms with Crippen LogP contribution in [0.3, 0.4) is 0 Å². The van der Waals surface area contributed by atoms with E-state index in [0.29, 0.717) is 12.3 Å². The third-order valence-corrected chi connectivity index (χ3v) is 4.42. The first-order valence-electron chi connectivity index (χ1n) is 9.33. The van der Waals surface area contributed by atoms with E-state index in [1.807, 2.05) is 18.2 Å². The predicted molar refractivity (Wildman–Crippen MR) is 124 cm³/mol. The molecular formula is C21H27IN4O3. The van der Waals surface area contributed by atoms with E-state index in [1.54, 1.807) is 13.1 Å². The first-order valence-corrected chi connectivity index (χ1v) is 9.33. The number of nitrogens with two attached hydrogens (primary N) is 1. The number of nitrogens with zero attached hydrogens (tertiary/aromatic N) is 1. The van der Waals surface area contributed by atoms with Gasteiger partial charge in [-0.2, -0.15) is 0 Å². The Balaban J connectivity index is 0.00000300. The van der Waals surface area contributed by atoms with Gasteiger partial charge in [0.1, 0.15) is 11.5 Å². The smallest absolute Gasteiger partial charge is 0.255 e. The van der Waals surface area contributed by atoms with Crippen LogP contribution in [0.5, 0.6) is 11.5 Å². The molecule has 1 amide bonds. The molecule has 2 aromatic carbocycles. The van der Waals surface area contributed by atoms with E-state index in [0.717, 1.165) is 43.3 Å². The average molecular weight is 510 g/mol. The number of carbonyl (C=O) groups excluding carboxylic acids is 1. The fraction of sp³-hybridized carbons (Fsp3) is 0.333. The van der Waals surface area contributed by atoms with Gasteiger partial charge in [-0.15, -0.1) is 24.0 Å². The Kier molecular flexibility index (Phi) is 9.04. The van der Waals surface area contributed by atoms with Gasteiger partial charge in [-0.1, -0.05) is 24.3 Å². The van der Waals surface area contributed by atoms with Crippen molar-refractivity contribution in [2.24, 2.45) is 10.7 Å². The van der Waals surface area contributed by atoms with Crippen molar-refractivity contribution in [2.75, 3.05) is 26.8 Å². The zero-order chi connectivity index (χ0) is 19.8. The van der Waals surface area contributed by atoms with E-state index >= 15 is 0 Å². The Hall–Kier alpha value is -2.49. The normalized spacial score (nSPS) is 12.4. The molecule has 1 aliphatic rings. The number of fused-ring (bicyclic) bond motifs is 1. The zero-order valence-corrected chi connectivity index (χ0v) is 18.8. The van der Waals surface area contributed by atoms with Crippen LogP contribution in [0.2, 0.25) is 0 Å². The molecule has 1 heterocycles. The van der Waals surface area contributed by atoms with Gasteiger partial charge in [0.05, 0.1) is 6.61 Å². The lowest BCUT2D eigenvalue weighted by atomic mass is 10.1. The monoisotopic (exact) mass is 510 g/mol. The van der Waals surface area contributed by atoms with E-state index in [4.69, 9.17) is 15.2 Å². The Morgan fingerprint density at radius 2 is 2.07 bits per heavy atom. The maximum atomic E-state index is 10.8. The van der Waals surface area contributed by atoms with Crippen molar-refractivity contribution < 1.29 is 14.3 Å². The molecule has 0 saturated heterocycles. The number of amides is 1. The molecular weight excluding hydrogens is 483 g/mol. The van der Waals surface area contributed by atoms with E-state index in [2.05, 4.69) is 33.8 Å². The molecule has 156 valence electrons. The van der Waals surface area contributed by atoms with Crippen LogP contribution < -0.4 is 25.8 Å². The van der Waals surface area contributed by atoms with Crippen LogP contribution in [0.15, 0.2) is 47.5 Å². The van der Waals surface area contributed by atoms with Crippen LogP contribution in [0, 0.1) is 0 Å². The highest BCUT2D eigenvalue weighted by molar-refractivity contribution is 14.0. The number of hydrogen-bond acceptors (Lipinski definition) is 4. The molecule has 0 fully saturated rings. The SMILES string of the molecule is CN=C(NCCc1ccc2c(c1)CCO2)NCc1cccc(OCC(N)=O)c1.I. The number of guanidine groups is 1. The highest BCUT2D eigenvalue weighted by Gasteiger charge is 2.11. The number of hydrogen-bond donors (Lipinski definition) is 3. The largest absolute Gasteiger partial charge is 0.493 e. The third-order valence-electron chi connectivity index (χ3n) is 4.42. The van der Waals surface area contributed by atoms with Gasteiger partial charge in [-0.25, -0.2) is 0 Å². The van der Waals surface area contributed by atoms with E-state index in [-0.39, 0.29) is 30.6 Å². The van der Waals surface area contributed by atoms with Crippen LogP contribution in [0.4, 0.5) is 0 Å². The first-order chi connectivity index (χ1) is 13.6. The molecule has 0 aliphatic carbocycles. The van der Waals surface area contributed by atoms with E-state index in [1.165, 1.54) is 11.1 Å². The summed E-state index contributed by atoms with van der Waals surface area (Å²) in [4.78, 5) is 15.1. The number of rotatable bonds is 8. The van der Waals surface area contributed by atoms with Crippen molar-refractivity contribution in [1.29, 1.82) is 0 Å².